The van der Waals surface area contributed by atoms with Crippen molar-refractivity contribution in [1.82, 2.24) is 14.3 Å². The van der Waals surface area contributed by atoms with Gasteiger partial charge < -0.3 is 23.9 Å². The SMILES string of the molecule is CCOC(=O)c1cnn(C2CCOCC2)c1C1=Cc2cc(O)ccc2-c2c(C3CCCCC3)c3ccc(C(=O)OC(C)(C)C)cc3n2C1. The van der Waals surface area contributed by atoms with Crippen molar-refractivity contribution in [2.75, 3.05) is 19.8 Å². The van der Waals surface area contributed by atoms with Gasteiger partial charge in [-0.3, -0.25) is 4.68 Å². The van der Waals surface area contributed by atoms with Crippen molar-refractivity contribution in [1.29, 1.82) is 0 Å². The predicted octanol–water partition coefficient (Wildman–Crippen LogP) is 8.30. The van der Waals surface area contributed by atoms with E-state index in [-0.39, 0.29) is 24.4 Å². The van der Waals surface area contributed by atoms with E-state index < -0.39 is 11.6 Å². The van der Waals surface area contributed by atoms with Gasteiger partial charge in [-0.05, 0) is 112 Å². The summed E-state index contributed by atoms with van der Waals surface area (Å²) < 4.78 is 21.3. The largest absolute Gasteiger partial charge is 0.508 e. The van der Waals surface area contributed by atoms with Gasteiger partial charge >= 0.3 is 11.9 Å². The third-order valence-electron chi connectivity index (χ3n) is 9.83. The standard InChI is InChI=1S/C39H45N3O6/c1-5-47-38(45)32-22-40-42(28-15-17-46-18-16-28)35(32)27-19-26-20-29(43)12-14-30(26)36-34(24-9-7-6-8-10-24)31-13-11-25(21-33(31)41(36)23-27)37(44)48-39(2,3)4/h11-14,19-22,24,28,43H,5-10,15-18,23H2,1-4H3. The molecule has 1 saturated carbocycles. The zero-order valence-electron chi connectivity index (χ0n) is 28.4. The van der Waals surface area contributed by atoms with Crippen molar-refractivity contribution in [2.24, 2.45) is 0 Å². The van der Waals surface area contributed by atoms with Crippen LogP contribution in [0.15, 0.2) is 42.6 Å². The number of ether oxygens (including phenoxy) is 3. The number of allylic oxidation sites excluding steroid dienone is 1. The normalized spacial score (nSPS) is 17.4. The fraction of sp³-hybridized carbons (Fsp3) is 0.462. The van der Waals surface area contributed by atoms with E-state index in [0.29, 0.717) is 42.5 Å². The fourth-order valence-electron chi connectivity index (χ4n) is 7.78. The van der Waals surface area contributed by atoms with Crippen molar-refractivity contribution in [3.63, 3.8) is 0 Å². The molecular formula is C39H45N3O6. The first-order chi connectivity index (χ1) is 23.1. The average Bonchev–Trinajstić information content (AvgIpc) is 3.60. The van der Waals surface area contributed by atoms with Crippen molar-refractivity contribution in [3.8, 4) is 17.0 Å². The number of aromatic hydroxyl groups is 1. The van der Waals surface area contributed by atoms with E-state index in [9.17, 15) is 14.7 Å². The molecule has 0 amide bonds. The summed E-state index contributed by atoms with van der Waals surface area (Å²) in [4.78, 5) is 26.9. The number of phenols is 1. The lowest BCUT2D eigenvalue weighted by Crippen LogP contribution is -2.24. The summed E-state index contributed by atoms with van der Waals surface area (Å²) in [5, 5.41) is 16.7. The molecule has 0 unspecified atom stereocenters. The van der Waals surface area contributed by atoms with Crippen LogP contribution in [-0.2, 0) is 20.8 Å². The number of carbonyl (C=O) groups excluding carboxylic acids is 2. The van der Waals surface area contributed by atoms with Gasteiger partial charge in [0.15, 0.2) is 0 Å². The molecule has 1 aliphatic carbocycles. The minimum Gasteiger partial charge on any atom is -0.508 e. The Morgan fingerprint density at radius 2 is 1.75 bits per heavy atom. The third kappa shape index (κ3) is 6.04. The minimum absolute atomic E-state index is 0.0576. The number of carbonyl (C=O) groups is 2. The molecule has 2 aromatic heterocycles. The Morgan fingerprint density at radius 3 is 2.48 bits per heavy atom. The van der Waals surface area contributed by atoms with Crippen LogP contribution in [0.1, 0.15) is 122 Å². The van der Waals surface area contributed by atoms with Gasteiger partial charge in [0.2, 0.25) is 0 Å². The number of benzene rings is 2. The maximum atomic E-state index is 13.5. The average molecular weight is 652 g/mol. The van der Waals surface area contributed by atoms with E-state index in [0.717, 1.165) is 59.0 Å². The lowest BCUT2D eigenvalue weighted by Gasteiger charge is -2.25. The van der Waals surface area contributed by atoms with E-state index >= 15 is 0 Å². The highest BCUT2D eigenvalue weighted by molar-refractivity contribution is 6.03. The molecule has 2 aromatic carbocycles. The molecule has 4 heterocycles. The van der Waals surface area contributed by atoms with Crippen LogP contribution in [0.3, 0.4) is 0 Å². The van der Waals surface area contributed by atoms with Gasteiger partial charge in [-0.1, -0.05) is 25.3 Å². The monoisotopic (exact) mass is 651 g/mol. The number of aromatic nitrogens is 3. The van der Waals surface area contributed by atoms with Crippen molar-refractivity contribution < 1.29 is 28.9 Å². The Kier molecular flexibility index (Phi) is 8.66. The van der Waals surface area contributed by atoms with Crippen LogP contribution >= 0.6 is 0 Å². The van der Waals surface area contributed by atoms with Gasteiger partial charge in [-0.25, -0.2) is 9.59 Å². The Labute approximate surface area is 281 Å². The summed E-state index contributed by atoms with van der Waals surface area (Å²) >= 11 is 0. The Bertz CT molecular complexity index is 1900. The van der Waals surface area contributed by atoms with E-state index in [4.69, 9.17) is 19.3 Å². The summed E-state index contributed by atoms with van der Waals surface area (Å²) in [6, 6.07) is 11.5. The second-order valence-electron chi connectivity index (χ2n) is 14.3. The van der Waals surface area contributed by atoms with Crippen molar-refractivity contribution in [2.45, 2.75) is 96.7 Å². The zero-order valence-corrected chi connectivity index (χ0v) is 28.4. The van der Waals surface area contributed by atoms with Gasteiger partial charge in [0.1, 0.15) is 16.9 Å². The number of fused-ring (bicyclic) bond motifs is 5. The number of phenolic OH excluding ortho intramolecular Hbond substituents is 1. The van der Waals surface area contributed by atoms with E-state index in [1.165, 1.54) is 24.8 Å². The summed E-state index contributed by atoms with van der Waals surface area (Å²) in [5.41, 5.74) is 7.06. The molecule has 9 heteroatoms. The molecular weight excluding hydrogens is 606 g/mol. The number of rotatable bonds is 6. The number of hydrogen-bond donors (Lipinski definition) is 1. The predicted molar refractivity (Wildman–Crippen MR) is 185 cm³/mol. The molecule has 0 spiro atoms. The molecule has 0 atom stereocenters. The highest BCUT2D eigenvalue weighted by atomic mass is 16.6. The molecule has 0 radical (unpaired) electrons. The first kappa shape index (κ1) is 32.2. The van der Waals surface area contributed by atoms with E-state index in [2.05, 4.69) is 16.7 Å². The lowest BCUT2D eigenvalue weighted by molar-refractivity contribution is 0.00693. The molecule has 252 valence electrons. The molecule has 9 nitrogen and oxygen atoms in total. The van der Waals surface area contributed by atoms with Crippen LogP contribution < -0.4 is 0 Å². The number of nitrogens with zero attached hydrogens (tertiary/aromatic N) is 3. The molecule has 7 rings (SSSR count). The number of hydrogen-bond acceptors (Lipinski definition) is 7. The molecule has 0 bridgehead atoms. The molecule has 1 saturated heterocycles. The minimum atomic E-state index is -0.627. The maximum absolute atomic E-state index is 13.5. The van der Waals surface area contributed by atoms with Crippen molar-refractivity contribution >= 4 is 34.5 Å². The smallest absolute Gasteiger partial charge is 0.341 e. The van der Waals surface area contributed by atoms with Crippen LogP contribution in [0.2, 0.25) is 0 Å². The van der Waals surface area contributed by atoms with Crippen LogP contribution in [0.5, 0.6) is 5.75 Å². The molecule has 48 heavy (non-hydrogen) atoms. The summed E-state index contributed by atoms with van der Waals surface area (Å²) in [6.45, 7) is 9.35. The summed E-state index contributed by atoms with van der Waals surface area (Å²) in [5.74, 6) is -0.254. The van der Waals surface area contributed by atoms with Gasteiger partial charge in [-0.2, -0.15) is 5.10 Å². The Hall–Kier alpha value is -4.37. The molecule has 4 aromatic rings. The highest BCUT2D eigenvalue weighted by Gasteiger charge is 2.33. The molecule has 2 aliphatic heterocycles. The first-order valence-electron chi connectivity index (χ1n) is 17.4. The topological polar surface area (TPSA) is 105 Å². The van der Waals surface area contributed by atoms with Gasteiger partial charge in [0.25, 0.3) is 0 Å². The summed E-state index contributed by atoms with van der Waals surface area (Å²) in [7, 11) is 0. The zero-order chi connectivity index (χ0) is 33.6. The summed E-state index contributed by atoms with van der Waals surface area (Å²) in [6.07, 6.45) is 11.0. The molecule has 3 aliphatic rings. The van der Waals surface area contributed by atoms with Crippen LogP contribution in [0, 0.1) is 0 Å². The van der Waals surface area contributed by atoms with Crippen LogP contribution in [0.4, 0.5) is 0 Å². The Balaban J connectivity index is 1.49. The fourth-order valence-corrected chi connectivity index (χ4v) is 7.78. The highest BCUT2D eigenvalue weighted by Crippen LogP contribution is 2.48. The molecule has 1 N–H and O–H groups in total. The quantitative estimate of drug-likeness (QED) is 0.209. The first-order valence-corrected chi connectivity index (χ1v) is 17.4. The second-order valence-corrected chi connectivity index (χ2v) is 14.3. The Morgan fingerprint density at radius 1 is 0.979 bits per heavy atom. The maximum Gasteiger partial charge on any atom is 0.341 e. The van der Waals surface area contributed by atoms with E-state index in [1.54, 1.807) is 25.3 Å². The third-order valence-corrected chi connectivity index (χ3v) is 9.83. The second kappa shape index (κ2) is 12.9. The number of esters is 2. The van der Waals surface area contributed by atoms with Gasteiger partial charge in [0, 0.05) is 29.7 Å². The lowest BCUT2D eigenvalue weighted by atomic mass is 9.81. The van der Waals surface area contributed by atoms with E-state index in [1.807, 2.05) is 43.7 Å². The van der Waals surface area contributed by atoms with Crippen LogP contribution in [-0.4, -0.2) is 56.8 Å². The van der Waals surface area contributed by atoms with Gasteiger partial charge in [-0.15, -0.1) is 0 Å². The van der Waals surface area contributed by atoms with Crippen molar-refractivity contribution in [3.05, 3.63) is 70.5 Å². The molecule has 2 fully saturated rings. The van der Waals surface area contributed by atoms with Gasteiger partial charge in [0.05, 0.1) is 42.3 Å². The van der Waals surface area contributed by atoms with Crippen LogP contribution in [0.25, 0.3) is 33.8 Å².